The van der Waals surface area contributed by atoms with Gasteiger partial charge in [0.1, 0.15) is 17.9 Å². The smallest absolute Gasteiger partial charge is 0.412 e. The van der Waals surface area contributed by atoms with Gasteiger partial charge in [0.15, 0.2) is 0 Å². The number of carbonyl (C=O) groups is 2. The molecule has 1 saturated heterocycles. The van der Waals surface area contributed by atoms with E-state index in [2.05, 4.69) is 11.9 Å². The minimum atomic E-state index is -1.21. The first-order valence-electron chi connectivity index (χ1n) is 11.0. The van der Waals surface area contributed by atoms with Gasteiger partial charge in [-0.1, -0.05) is 18.2 Å². The van der Waals surface area contributed by atoms with Gasteiger partial charge in [0, 0.05) is 24.9 Å². The highest BCUT2D eigenvalue weighted by molar-refractivity contribution is 5.99. The SMILES string of the molecule is CON1C(=O)C(N(C(=O)O)c2ccc3c4c2O[C@H]2C[C@@H](O)C=C[C@@]42CCN(C)C3)CC1C. The van der Waals surface area contributed by atoms with Crippen molar-refractivity contribution in [3.63, 3.8) is 0 Å². The van der Waals surface area contributed by atoms with Crippen molar-refractivity contribution in [2.24, 2.45) is 0 Å². The Morgan fingerprint density at radius 1 is 1.34 bits per heavy atom. The lowest BCUT2D eigenvalue weighted by molar-refractivity contribution is -0.176. The summed E-state index contributed by atoms with van der Waals surface area (Å²) in [5, 5.41) is 21.7. The summed E-state index contributed by atoms with van der Waals surface area (Å²) in [6, 6.07) is 2.57. The number of carboxylic acid groups (broad SMARTS) is 1. The van der Waals surface area contributed by atoms with Gasteiger partial charge in [-0.3, -0.25) is 14.5 Å². The molecule has 1 spiro atoms. The average Bonchev–Trinajstić information content (AvgIpc) is 3.16. The molecule has 1 aromatic rings. The zero-order valence-electron chi connectivity index (χ0n) is 18.5. The first-order chi connectivity index (χ1) is 15.3. The van der Waals surface area contributed by atoms with E-state index in [1.807, 2.05) is 25.1 Å². The fourth-order valence-electron chi connectivity index (χ4n) is 5.89. The first-order valence-corrected chi connectivity index (χ1v) is 11.0. The lowest BCUT2D eigenvalue weighted by Gasteiger charge is -2.35. The maximum absolute atomic E-state index is 13.0. The zero-order chi connectivity index (χ0) is 22.8. The number of ether oxygens (including phenoxy) is 1. The van der Waals surface area contributed by atoms with E-state index in [0.29, 0.717) is 24.3 Å². The second-order valence-corrected chi connectivity index (χ2v) is 9.34. The van der Waals surface area contributed by atoms with Crippen molar-refractivity contribution in [1.82, 2.24) is 9.96 Å². The number of hydroxylamine groups is 2. The molecule has 0 aromatic heterocycles. The quantitative estimate of drug-likeness (QED) is 0.688. The molecule has 3 heterocycles. The average molecular weight is 444 g/mol. The Labute approximate surface area is 186 Å². The molecule has 172 valence electrons. The van der Waals surface area contributed by atoms with Crippen LogP contribution in [0.3, 0.4) is 0 Å². The molecule has 1 aliphatic carbocycles. The van der Waals surface area contributed by atoms with Crippen molar-refractivity contribution in [3.8, 4) is 5.75 Å². The van der Waals surface area contributed by atoms with Gasteiger partial charge in [0.2, 0.25) is 0 Å². The Kier molecular flexibility index (Phi) is 4.96. The molecule has 9 nitrogen and oxygen atoms in total. The maximum Gasteiger partial charge on any atom is 0.412 e. The first kappa shape index (κ1) is 21.2. The Morgan fingerprint density at radius 2 is 2.12 bits per heavy atom. The third-order valence-electron chi connectivity index (χ3n) is 7.38. The van der Waals surface area contributed by atoms with Crippen LogP contribution in [-0.2, 0) is 21.6 Å². The highest BCUT2D eigenvalue weighted by atomic mass is 16.7. The molecule has 3 aliphatic heterocycles. The van der Waals surface area contributed by atoms with Crippen LogP contribution in [0, 0.1) is 0 Å². The summed E-state index contributed by atoms with van der Waals surface area (Å²) in [5.74, 6) is 0.130. The predicted molar refractivity (Wildman–Crippen MR) is 115 cm³/mol. The van der Waals surface area contributed by atoms with Crippen molar-refractivity contribution in [1.29, 1.82) is 0 Å². The van der Waals surface area contributed by atoms with E-state index in [1.165, 1.54) is 12.2 Å². The fraction of sp³-hybridized carbons (Fsp3) is 0.565. The summed E-state index contributed by atoms with van der Waals surface area (Å²) in [5.41, 5.74) is 2.03. The van der Waals surface area contributed by atoms with Gasteiger partial charge < -0.3 is 19.8 Å². The van der Waals surface area contributed by atoms with Crippen LogP contribution in [0.15, 0.2) is 24.3 Å². The lowest BCUT2D eigenvalue weighted by atomic mass is 9.69. The minimum Gasteiger partial charge on any atom is -0.487 e. The number of carbonyl (C=O) groups excluding carboxylic acids is 1. The van der Waals surface area contributed by atoms with Crippen LogP contribution in [0.1, 0.15) is 37.3 Å². The maximum atomic E-state index is 13.0. The van der Waals surface area contributed by atoms with Crippen LogP contribution >= 0.6 is 0 Å². The topological polar surface area (TPSA) is 103 Å². The van der Waals surface area contributed by atoms with Crippen LogP contribution in [0.2, 0.25) is 0 Å². The number of benzene rings is 1. The van der Waals surface area contributed by atoms with E-state index < -0.39 is 23.7 Å². The molecule has 1 fully saturated rings. The number of nitrogens with zero attached hydrogens (tertiary/aromatic N) is 3. The van der Waals surface area contributed by atoms with Crippen LogP contribution in [-0.4, -0.2) is 77.2 Å². The van der Waals surface area contributed by atoms with E-state index >= 15 is 0 Å². The number of anilines is 1. The Hall–Kier alpha value is -2.62. The summed E-state index contributed by atoms with van der Waals surface area (Å²) < 4.78 is 6.43. The number of aliphatic hydroxyl groups is 1. The van der Waals surface area contributed by atoms with Gasteiger partial charge in [-0.2, -0.15) is 0 Å². The van der Waals surface area contributed by atoms with Gasteiger partial charge in [0.05, 0.1) is 30.4 Å². The normalized spacial score (nSPS) is 33.5. The van der Waals surface area contributed by atoms with Crippen LogP contribution in [0.25, 0.3) is 0 Å². The highest BCUT2D eigenvalue weighted by Gasteiger charge is 2.54. The van der Waals surface area contributed by atoms with Crippen LogP contribution in [0.4, 0.5) is 10.5 Å². The van der Waals surface area contributed by atoms with Crippen molar-refractivity contribution >= 4 is 17.7 Å². The second kappa shape index (κ2) is 7.47. The predicted octanol–water partition coefficient (Wildman–Crippen LogP) is 1.88. The second-order valence-electron chi connectivity index (χ2n) is 9.34. The van der Waals surface area contributed by atoms with E-state index in [9.17, 15) is 19.8 Å². The molecule has 2 amide bonds. The van der Waals surface area contributed by atoms with E-state index in [1.54, 1.807) is 6.07 Å². The molecule has 9 heteroatoms. The Balaban J connectivity index is 1.66. The van der Waals surface area contributed by atoms with Crippen molar-refractivity contribution < 1.29 is 29.4 Å². The molecule has 2 N–H and O–H groups in total. The zero-order valence-corrected chi connectivity index (χ0v) is 18.5. The molecule has 2 unspecified atom stereocenters. The molecular formula is C23H29N3O6. The lowest BCUT2D eigenvalue weighted by Crippen LogP contribution is -2.45. The number of hydrogen-bond acceptors (Lipinski definition) is 6. The Morgan fingerprint density at radius 3 is 2.81 bits per heavy atom. The van der Waals surface area contributed by atoms with Gasteiger partial charge in [-0.15, -0.1) is 0 Å². The van der Waals surface area contributed by atoms with E-state index in [-0.39, 0.29) is 18.1 Å². The molecule has 0 radical (unpaired) electrons. The van der Waals surface area contributed by atoms with Crippen molar-refractivity contribution in [2.45, 2.75) is 62.4 Å². The summed E-state index contributed by atoms with van der Waals surface area (Å²) >= 11 is 0. The molecule has 4 aliphatic rings. The number of hydrogen-bond donors (Lipinski definition) is 2. The largest absolute Gasteiger partial charge is 0.487 e. The van der Waals surface area contributed by atoms with E-state index in [4.69, 9.17) is 9.57 Å². The van der Waals surface area contributed by atoms with Crippen LogP contribution in [0.5, 0.6) is 5.75 Å². The van der Waals surface area contributed by atoms with Gasteiger partial charge in [-0.25, -0.2) is 9.86 Å². The molecule has 5 rings (SSSR count). The van der Waals surface area contributed by atoms with Crippen molar-refractivity contribution in [2.75, 3.05) is 25.6 Å². The molecule has 0 saturated carbocycles. The number of rotatable bonds is 3. The Bertz CT molecular complexity index is 996. The standard InChI is InChI=1S/C23H29N3O6/c1-13-10-17(21(28)26(13)31-3)25(22(29)30)16-5-4-14-12-24(2)9-8-23-7-6-15(27)11-18(23)32-20(16)19(14)23/h4-7,13,15,17-18,27H,8-12H2,1-3H3,(H,29,30)/t13?,15-,17?,18-,23-/m0/s1. The fourth-order valence-corrected chi connectivity index (χ4v) is 5.89. The van der Waals surface area contributed by atoms with Gasteiger partial charge >= 0.3 is 6.09 Å². The molecule has 0 bridgehead atoms. The van der Waals surface area contributed by atoms with Gasteiger partial charge in [0.25, 0.3) is 5.91 Å². The molecule has 32 heavy (non-hydrogen) atoms. The number of amides is 2. The third-order valence-corrected chi connectivity index (χ3v) is 7.38. The van der Waals surface area contributed by atoms with E-state index in [0.717, 1.165) is 35.5 Å². The summed E-state index contributed by atoms with van der Waals surface area (Å²) in [6.07, 6.45) is 3.35. The molecule has 5 atom stereocenters. The van der Waals surface area contributed by atoms with Crippen molar-refractivity contribution in [3.05, 3.63) is 35.4 Å². The van der Waals surface area contributed by atoms with Gasteiger partial charge in [-0.05, 0) is 38.6 Å². The number of aliphatic hydroxyl groups excluding tert-OH is 1. The molecule has 1 aromatic carbocycles. The minimum absolute atomic E-state index is 0.240. The monoisotopic (exact) mass is 443 g/mol. The summed E-state index contributed by atoms with van der Waals surface area (Å²) in [7, 11) is 3.48. The third kappa shape index (κ3) is 2.95. The summed E-state index contributed by atoms with van der Waals surface area (Å²) in [4.78, 5) is 34.0. The van der Waals surface area contributed by atoms with Crippen LogP contribution < -0.4 is 9.64 Å². The highest BCUT2D eigenvalue weighted by Crippen LogP contribution is 2.56. The molecular weight excluding hydrogens is 414 g/mol. The summed E-state index contributed by atoms with van der Waals surface area (Å²) in [6.45, 7) is 3.41.